The number of methoxy groups -OCH3 is 1. The number of fused-ring (bicyclic) bond motifs is 1. The van der Waals surface area contributed by atoms with Gasteiger partial charge in [0.15, 0.2) is 11.3 Å². The molecule has 3 rings (SSSR count). The molecule has 2 N–H and O–H groups in total. The molecule has 17 heavy (non-hydrogen) atoms. The average Bonchev–Trinajstić information content (AvgIpc) is 3.09. The van der Waals surface area contributed by atoms with Gasteiger partial charge in [0, 0.05) is 10.9 Å². The highest BCUT2D eigenvalue weighted by atomic mass is 16.5. The first kappa shape index (κ1) is 10.7. The summed E-state index contributed by atoms with van der Waals surface area (Å²) in [6.07, 6.45) is 2.50. The SMILES string of the molecule is COc1cc(C)cc2c(C3CC3)c(CN)oc12. The number of furan rings is 1. The van der Waals surface area contributed by atoms with Gasteiger partial charge in [-0.15, -0.1) is 0 Å². The number of ether oxygens (including phenoxy) is 1. The zero-order valence-corrected chi connectivity index (χ0v) is 10.2. The van der Waals surface area contributed by atoms with E-state index in [9.17, 15) is 0 Å². The van der Waals surface area contributed by atoms with Crippen molar-refractivity contribution < 1.29 is 9.15 Å². The van der Waals surface area contributed by atoms with Gasteiger partial charge < -0.3 is 14.9 Å². The summed E-state index contributed by atoms with van der Waals surface area (Å²) < 4.78 is 11.3. The van der Waals surface area contributed by atoms with Crippen LogP contribution in [0, 0.1) is 6.92 Å². The third-order valence-electron chi connectivity index (χ3n) is 3.41. The molecule has 1 aromatic heterocycles. The van der Waals surface area contributed by atoms with Crippen molar-refractivity contribution in [3.8, 4) is 5.75 Å². The third-order valence-corrected chi connectivity index (χ3v) is 3.41. The maximum atomic E-state index is 5.88. The van der Waals surface area contributed by atoms with Crippen LogP contribution in [0.5, 0.6) is 5.75 Å². The molecule has 1 aliphatic carbocycles. The molecule has 1 fully saturated rings. The summed E-state index contributed by atoms with van der Waals surface area (Å²) in [4.78, 5) is 0. The lowest BCUT2D eigenvalue weighted by Gasteiger charge is -2.02. The first-order chi connectivity index (χ1) is 8.24. The van der Waals surface area contributed by atoms with Gasteiger partial charge in [-0.2, -0.15) is 0 Å². The van der Waals surface area contributed by atoms with Gasteiger partial charge in [-0.3, -0.25) is 0 Å². The highest BCUT2D eigenvalue weighted by molar-refractivity contribution is 5.89. The van der Waals surface area contributed by atoms with Gasteiger partial charge in [0.05, 0.1) is 13.7 Å². The molecule has 1 saturated carbocycles. The van der Waals surface area contributed by atoms with Gasteiger partial charge in [-0.25, -0.2) is 0 Å². The van der Waals surface area contributed by atoms with E-state index in [0.29, 0.717) is 12.5 Å². The van der Waals surface area contributed by atoms with E-state index in [2.05, 4.69) is 13.0 Å². The standard InChI is InChI=1S/C14H17NO2/c1-8-5-10-13(9-3-4-9)12(7-15)17-14(10)11(6-8)16-2/h5-6,9H,3-4,7,15H2,1-2H3. The van der Waals surface area contributed by atoms with Gasteiger partial charge >= 0.3 is 0 Å². The minimum atomic E-state index is 0.461. The smallest absolute Gasteiger partial charge is 0.176 e. The summed E-state index contributed by atoms with van der Waals surface area (Å²) in [5.74, 6) is 2.37. The van der Waals surface area contributed by atoms with Crippen molar-refractivity contribution in [1.29, 1.82) is 0 Å². The van der Waals surface area contributed by atoms with Crippen LogP contribution >= 0.6 is 0 Å². The fourth-order valence-electron chi connectivity index (χ4n) is 2.50. The Morgan fingerprint density at radius 2 is 2.18 bits per heavy atom. The Morgan fingerprint density at radius 3 is 2.76 bits per heavy atom. The van der Waals surface area contributed by atoms with Crippen molar-refractivity contribution in [3.63, 3.8) is 0 Å². The lowest BCUT2D eigenvalue weighted by Crippen LogP contribution is -1.97. The van der Waals surface area contributed by atoms with Crippen LogP contribution in [0.15, 0.2) is 16.5 Å². The molecule has 1 aromatic carbocycles. The lowest BCUT2D eigenvalue weighted by atomic mass is 10.0. The van der Waals surface area contributed by atoms with Crippen molar-refractivity contribution in [2.75, 3.05) is 7.11 Å². The van der Waals surface area contributed by atoms with Gasteiger partial charge in [-0.05, 0) is 43.4 Å². The number of nitrogens with two attached hydrogens (primary N) is 1. The van der Waals surface area contributed by atoms with Crippen LogP contribution in [0.4, 0.5) is 0 Å². The van der Waals surface area contributed by atoms with Crippen LogP contribution in [-0.2, 0) is 6.54 Å². The number of rotatable bonds is 3. The average molecular weight is 231 g/mol. The first-order valence-corrected chi connectivity index (χ1v) is 6.04. The van der Waals surface area contributed by atoms with Crippen LogP contribution in [0.25, 0.3) is 11.0 Å². The Bertz CT molecular complexity index is 567. The van der Waals surface area contributed by atoms with Gasteiger partial charge in [0.2, 0.25) is 0 Å². The molecule has 0 unspecified atom stereocenters. The minimum Gasteiger partial charge on any atom is -0.493 e. The Morgan fingerprint density at radius 1 is 1.41 bits per heavy atom. The minimum absolute atomic E-state index is 0.461. The molecule has 3 heteroatoms. The predicted molar refractivity (Wildman–Crippen MR) is 67.4 cm³/mol. The fraction of sp³-hybridized carbons (Fsp3) is 0.429. The Kier molecular flexibility index (Phi) is 2.37. The molecule has 0 radical (unpaired) electrons. The number of aryl methyl sites for hydroxylation is 1. The second kappa shape index (κ2) is 3.77. The van der Waals surface area contributed by atoms with Crippen molar-refractivity contribution in [2.45, 2.75) is 32.2 Å². The molecule has 0 aliphatic heterocycles. The molecule has 1 aliphatic rings. The summed E-state index contributed by atoms with van der Waals surface area (Å²) >= 11 is 0. The highest BCUT2D eigenvalue weighted by Gasteiger charge is 2.31. The van der Waals surface area contributed by atoms with Crippen LogP contribution in [0.2, 0.25) is 0 Å². The molecule has 0 saturated heterocycles. The van der Waals surface area contributed by atoms with E-state index in [1.165, 1.54) is 29.4 Å². The molecule has 0 atom stereocenters. The third kappa shape index (κ3) is 1.62. The van der Waals surface area contributed by atoms with E-state index in [4.69, 9.17) is 14.9 Å². The maximum Gasteiger partial charge on any atom is 0.176 e. The molecule has 0 spiro atoms. The molecule has 0 bridgehead atoms. The summed E-state index contributed by atoms with van der Waals surface area (Å²) in [6.45, 7) is 2.54. The van der Waals surface area contributed by atoms with Gasteiger partial charge in [0.25, 0.3) is 0 Å². The highest BCUT2D eigenvalue weighted by Crippen LogP contribution is 2.47. The number of hydrogen-bond donors (Lipinski definition) is 1. The van der Waals surface area contributed by atoms with E-state index in [0.717, 1.165) is 17.1 Å². The molecule has 3 nitrogen and oxygen atoms in total. The first-order valence-electron chi connectivity index (χ1n) is 6.04. The zero-order chi connectivity index (χ0) is 12.0. The topological polar surface area (TPSA) is 48.4 Å². The second-order valence-electron chi connectivity index (χ2n) is 4.76. The molecular weight excluding hydrogens is 214 g/mol. The lowest BCUT2D eigenvalue weighted by molar-refractivity contribution is 0.407. The number of benzene rings is 1. The van der Waals surface area contributed by atoms with Crippen LogP contribution < -0.4 is 10.5 Å². The molecule has 90 valence electrons. The predicted octanol–water partition coefficient (Wildman–Crippen LogP) is 3.09. The fourth-order valence-corrected chi connectivity index (χ4v) is 2.50. The van der Waals surface area contributed by atoms with E-state index >= 15 is 0 Å². The normalized spacial score (nSPS) is 15.5. The van der Waals surface area contributed by atoms with Gasteiger partial charge in [-0.1, -0.05) is 0 Å². The van der Waals surface area contributed by atoms with Crippen LogP contribution in [-0.4, -0.2) is 7.11 Å². The van der Waals surface area contributed by atoms with Crippen molar-refractivity contribution >= 4 is 11.0 Å². The van der Waals surface area contributed by atoms with Crippen LogP contribution in [0.3, 0.4) is 0 Å². The van der Waals surface area contributed by atoms with E-state index in [1.54, 1.807) is 7.11 Å². The van der Waals surface area contributed by atoms with Crippen LogP contribution in [0.1, 0.15) is 35.6 Å². The molecule has 0 amide bonds. The summed E-state index contributed by atoms with van der Waals surface area (Å²) in [7, 11) is 1.68. The number of hydrogen-bond acceptors (Lipinski definition) is 3. The zero-order valence-electron chi connectivity index (χ0n) is 10.2. The molecule has 2 aromatic rings. The molecular formula is C14H17NO2. The monoisotopic (exact) mass is 231 g/mol. The van der Waals surface area contributed by atoms with E-state index in [1.807, 2.05) is 6.07 Å². The Labute approximate surface area is 101 Å². The largest absolute Gasteiger partial charge is 0.493 e. The van der Waals surface area contributed by atoms with Crippen molar-refractivity contribution in [2.24, 2.45) is 5.73 Å². The van der Waals surface area contributed by atoms with E-state index < -0.39 is 0 Å². The van der Waals surface area contributed by atoms with E-state index in [-0.39, 0.29) is 0 Å². The Balaban J connectivity index is 2.32. The van der Waals surface area contributed by atoms with Crippen molar-refractivity contribution in [3.05, 3.63) is 29.0 Å². The summed E-state index contributed by atoms with van der Waals surface area (Å²) in [5, 5.41) is 1.18. The maximum absolute atomic E-state index is 5.88. The second-order valence-corrected chi connectivity index (χ2v) is 4.76. The molecule has 1 heterocycles. The van der Waals surface area contributed by atoms with Crippen molar-refractivity contribution in [1.82, 2.24) is 0 Å². The Hall–Kier alpha value is -1.48. The quantitative estimate of drug-likeness (QED) is 0.883. The van der Waals surface area contributed by atoms with Gasteiger partial charge in [0.1, 0.15) is 5.76 Å². The summed E-state index contributed by atoms with van der Waals surface area (Å²) in [6, 6.07) is 4.18. The summed E-state index contributed by atoms with van der Waals surface area (Å²) in [5.41, 5.74) is 9.13.